The Morgan fingerprint density at radius 2 is 2.27 bits per heavy atom. The maximum absolute atomic E-state index is 12.8. The average molecular weight is 302 g/mol. The normalized spacial score (nSPS) is 18.6. The molecule has 0 unspecified atom stereocenters. The van der Waals surface area contributed by atoms with Gasteiger partial charge in [-0.2, -0.15) is 0 Å². The molecular weight excluding hydrogens is 284 g/mol. The largest absolute Gasteiger partial charge is 0.370 e. The van der Waals surface area contributed by atoms with Gasteiger partial charge in [0.25, 0.3) is 11.6 Å². The summed E-state index contributed by atoms with van der Waals surface area (Å²) in [7, 11) is 0. The van der Waals surface area contributed by atoms with Gasteiger partial charge in [-0.3, -0.25) is 9.59 Å². The summed E-state index contributed by atoms with van der Waals surface area (Å²) >= 11 is 0. The standard InChI is InChI=1S/C15H18N4O3/c1-9-12-6-10(8-17-14(12)22-18-9)15(21)19-5-3-2-4-11(19)7-13(16)20/h6,8,11H,2-5,7H2,1H3,(H2,16,20)/t11-/m1/s1. The van der Waals surface area contributed by atoms with Gasteiger partial charge in [0.1, 0.15) is 0 Å². The molecule has 22 heavy (non-hydrogen) atoms. The summed E-state index contributed by atoms with van der Waals surface area (Å²) in [4.78, 5) is 29.8. The molecule has 0 spiro atoms. The first-order valence-corrected chi connectivity index (χ1v) is 7.37. The van der Waals surface area contributed by atoms with Crippen LogP contribution in [-0.4, -0.2) is 39.4 Å². The van der Waals surface area contributed by atoms with Crippen molar-refractivity contribution in [2.45, 2.75) is 38.6 Å². The third-order valence-electron chi connectivity index (χ3n) is 4.08. The highest BCUT2D eigenvalue weighted by molar-refractivity contribution is 5.97. The zero-order chi connectivity index (χ0) is 15.7. The van der Waals surface area contributed by atoms with Crippen molar-refractivity contribution in [2.24, 2.45) is 5.73 Å². The van der Waals surface area contributed by atoms with Crippen LogP contribution in [0.3, 0.4) is 0 Å². The third-order valence-corrected chi connectivity index (χ3v) is 4.08. The molecular formula is C15H18N4O3. The van der Waals surface area contributed by atoms with Crippen LogP contribution in [0.1, 0.15) is 41.7 Å². The van der Waals surface area contributed by atoms with E-state index >= 15 is 0 Å². The average Bonchev–Trinajstić information content (AvgIpc) is 2.87. The van der Waals surface area contributed by atoms with Crippen LogP contribution >= 0.6 is 0 Å². The van der Waals surface area contributed by atoms with Crippen molar-refractivity contribution in [2.75, 3.05) is 6.54 Å². The highest BCUT2D eigenvalue weighted by atomic mass is 16.5. The summed E-state index contributed by atoms with van der Waals surface area (Å²) in [5, 5.41) is 4.57. The van der Waals surface area contributed by atoms with Crippen LogP contribution in [-0.2, 0) is 4.79 Å². The van der Waals surface area contributed by atoms with E-state index in [2.05, 4.69) is 10.1 Å². The van der Waals surface area contributed by atoms with Crippen LogP contribution in [0, 0.1) is 6.92 Å². The second kappa shape index (κ2) is 5.75. The first-order chi connectivity index (χ1) is 10.6. The molecule has 0 bridgehead atoms. The van der Waals surface area contributed by atoms with Gasteiger partial charge in [0.15, 0.2) is 0 Å². The first kappa shape index (κ1) is 14.5. The Bertz CT molecular complexity index is 725. The number of hydrogen-bond donors (Lipinski definition) is 1. The molecule has 7 heteroatoms. The maximum atomic E-state index is 12.8. The van der Waals surface area contributed by atoms with E-state index in [0.717, 1.165) is 24.6 Å². The second-order valence-corrected chi connectivity index (χ2v) is 5.66. The van der Waals surface area contributed by atoms with Gasteiger partial charge in [-0.05, 0) is 32.3 Å². The van der Waals surface area contributed by atoms with Gasteiger partial charge in [-0.1, -0.05) is 5.16 Å². The lowest BCUT2D eigenvalue weighted by atomic mass is 9.98. The minimum atomic E-state index is -0.381. The van der Waals surface area contributed by atoms with Crippen molar-refractivity contribution in [3.63, 3.8) is 0 Å². The molecule has 0 radical (unpaired) electrons. The molecule has 3 heterocycles. The maximum Gasteiger partial charge on any atom is 0.257 e. The van der Waals surface area contributed by atoms with Crippen LogP contribution in [0.15, 0.2) is 16.8 Å². The Kier molecular flexibility index (Phi) is 3.79. The van der Waals surface area contributed by atoms with Crippen LogP contribution < -0.4 is 5.73 Å². The zero-order valence-electron chi connectivity index (χ0n) is 12.4. The van der Waals surface area contributed by atoms with Gasteiger partial charge in [0.2, 0.25) is 5.91 Å². The van der Waals surface area contributed by atoms with Crippen LogP contribution in [0.25, 0.3) is 11.1 Å². The zero-order valence-corrected chi connectivity index (χ0v) is 12.4. The van der Waals surface area contributed by atoms with Crippen molar-refractivity contribution < 1.29 is 14.1 Å². The lowest BCUT2D eigenvalue weighted by Crippen LogP contribution is -2.45. The van der Waals surface area contributed by atoms with E-state index in [4.69, 9.17) is 10.3 Å². The highest BCUT2D eigenvalue weighted by Gasteiger charge is 2.29. The lowest BCUT2D eigenvalue weighted by molar-refractivity contribution is -0.119. The second-order valence-electron chi connectivity index (χ2n) is 5.66. The molecule has 1 atom stereocenters. The smallest absolute Gasteiger partial charge is 0.257 e. The predicted octanol–water partition coefficient (Wildman–Crippen LogP) is 1.40. The van der Waals surface area contributed by atoms with Gasteiger partial charge >= 0.3 is 0 Å². The van der Waals surface area contributed by atoms with Crippen molar-refractivity contribution in [1.29, 1.82) is 0 Å². The summed E-state index contributed by atoms with van der Waals surface area (Å²) < 4.78 is 5.06. The predicted molar refractivity (Wildman–Crippen MR) is 79.0 cm³/mol. The molecule has 1 aliphatic heterocycles. The van der Waals surface area contributed by atoms with Gasteiger partial charge in [-0.25, -0.2) is 4.98 Å². The van der Waals surface area contributed by atoms with Crippen LogP contribution in [0.5, 0.6) is 0 Å². The number of pyridine rings is 1. The Labute approximate surface area is 127 Å². The van der Waals surface area contributed by atoms with E-state index in [9.17, 15) is 9.59 Å². The van der Waals surface area contributed by atoms with E-state index in [0.29, 0.717) is 23.5 Å². The van der Waals surface area contributed by atoms with E-state index in [1.807, 2.05) is 0 Å². The topological polar surface area (TPSA) is 102 Å². The van der Waals surface area contributed by atoms with E-state index in [1.165, 1.54) is 6.20 Å². The number of nitrogens with zero attached hydrogens (tertiary/aromatic N) is 3. The Morgan fingerprint density at radius 3 is 3.05 bits per heavy atom. The minimum absolute atomic E-state index is 0.124. The molecule has 7 nitrogen and oxygen atoms in total. The molecule has 1 saturated heterocycles. The fourth-order valence-corrected chi connectivity index (χ4v) is 2.94. The number of likely N-dealkylation sites (tertiary alicyclic amines) is 1. The van der Waals surface area contributed by atoms with E-state index in [1.54, 1.807) is 17.9 Å². The Hall–Kier alpha value is -2.44. The number of primary amides is 1. The summed E-state index contributed by atoms with van der Waals surface area (Å²) in [6.07, 6.45) is 4.43. The van der Waals surface area contributed by atoms with Gasteiger partial charge in [0, 0.05) is 25.2 Å². The van der Waals surface area contributed by atoms with Crippen LogP contribution in [0.2, 0.25) is 0 Å². The number of amides is 2. The first-order valence-electron chi connectivity index (χ1n) is 7.37. The Balaban J connectivity index is 1.89. The molecule has 2 N–H and O–H groups in total. The SMILES string of the molecule is Cc1noc2ncc(C(=O)N3CCCC[C@@H]3CC(N)=O)cc12. The molecule has 1 fully saturated rings. The number of carbonyl (C=O) groups excluding carboxylic acids is 2. The van der Waals surface area contributed by atoms with E-state index < -0.39 is 0 Å². The summed E-state index contributed by atoms with van der Waals surface area (Å²) in [6, 6.07) is 1.62. The van der Waals surface area contributed by atoms with Crippen molar-refractivity contribution in [3.05, 3.63) is 23.5 Å². The summed E-state index contributed by atoms with van der Waals surface area (Å²) in [6.45, 7) is 2.44. The fourth-order valence-electron chi connectivity index (χ4n) is 2.94. The number of piperidine rings is 1. The summed E-state index contributed by atoms with van der Waals surface area (Å²) in [5.74, 6) is -0.505. The number of rotatable bonds is 3. The molecule has 1 aliphatic rings. The molecule has 3 rings (SSSR count). The Morgan fingerprint density at radius 1 is 1.45 bits per heavy atom. The molecule has 0 aromatic carbocycles. The minimum Gasteiger partial charge on any atom is -0.370 e. The molecule has 116 valence electrons. The number of fused-ring (bicyclic) bond motifs is 1. The molecule has 0 saturated carbocycles. The fraction of sp³-hybridized carbons (Fsp3) is 0.467. The summed E-state index contributed by atoms with van der Waals surface area (Å²) in [5.41, 5.74) is 6.89. The highest BCUT2D eigenvalue weighted by Crippen LogP contribution is 2.23. The molecule has 2 aromatic rings. The number of hydrogen-bond acceptors (Lipinski definition) is 5. The van der Waals surface area contributed by atoms with Crippen molar-refractivity contribution in [3.8, 4) is 0 Å². The lowest BCUT2D eigenvalue weighted by Gasteiger charge is -2.35. The number of aromatic nitrogens is 2. The quantitative estimate of drug-likeness (QED) is 0.923. The van der Waals surface area contributed by atoms with Gasteiger partial charge in [-0.15, -0.1) is 0 Å². The van der Waals surface area contributed by atoms with Gasteiger partial charge < -0.3 is 15.2 Å². The number of carbonyl (C=O) groups is 2. The van der Waals surface area contributed by atoms with Crippen molar-refractivity contribution in [1.82, 2.24) is 15.0 Å². The van der Waals surface area contributed by atoms with E-state index in [-0.39, 0.29) is 24.3 Å². The molecule has 2 amide bonds. The van der Waals surface area contributed by atoms with Crippen LogP contribution in [0.4, 0.5) is 0 Å². The molecule has 2 aromatic heterocycles. The number of aryl methyl sites for hydroxylation is 1. The number of nitrogens with two attached hydrogens (primary N) is 1. The monoisotopic (exact) mass is 302 g/mol. The van der Waals surface area contributed by atoms with Gasteiger partial charge in [0.05, 0.1) is 16.6 Å². The van der Waals surface area contributed by atoms with Crippen molar-refractivity contribution >= 4 is 22.9 Å². The third kappa shape index (κ3) is 2.66. The molecule has 0 aliphatic carbocycles.